The summed E-state index contributed by atoms with van der Waals surface area (Å²) >= 11 is 0. The molecule has 1 aromatic heterocycles. The number of cyclic esters (lactones) is 1. The molecule has 2 amide bonds. The van der Waals surface area contributed by atoms with Crippen LogP contribution in [-0.4, -0.2) is 42.8 Å². The molecular weight excluding hydrogens is 457 g/mol. The average molecular weight is 481 g/mol. The fourth-order valence-electron chi connectivity index (χ4n) is 3.57. The van der Waals surface area contributed by atoms with Gasteiger partial charge in [0.25, 0.3) is 5.91 Å². The molecule has 1 N–H and O–H groups in total. The second-order valence-corrected chi connectivity index (χ2v) is 7.57. The number of hydrogen-bond acceptors (Lipinski definition) is 7. The van der Waals surface area contributed by atoms with E-state index in [4.69, 9.17) is 18.6 Å². The minimum atomic E-state index is -0.981. The molecule has 4 rings (SSSR count). The van der Waals surface area contributed by atoms with Gasteiger partial charge in [-0.25, -0.2) is 9.18 Å². The number of hydrazone groups is 1. The molecule has 1 aliphatic heterocycles. The van der Waals surface area contributed by atoms with Crippen molar-refractivity contribution in [1.29, 1.82) is 0 Å². The lowest BCUT2D eigenvalue weighted by atomic mass is 10.0. The Labute approximate surface area is 201 Å². The second kappa shape index (κ2) is 10.7. The zero-order chi connectivity index (χ0) is 24.8. The van der Waals surface area contributed by atoms with Crippen molar-refractivity contribution in [3.63, 3.8) is 0 Å². The molecule has 10 heteroatoms. The van der Waals surface area contributed by atoms with E-state index in [2.05, 4.69) is 10.4 Å². The maximum absolute atomic E-state index is 12.6. The van der Waals surface area contributed by atoms with E-state index in [1.807, 2.05) is 6.92 Å². The molecule has 0 saturated heterocycles. The number of amides is 2. The highest BCUT2D eigenvalue weighted by Crippen LogP contribution is 2.30. The first-order valence-corrected chi connectivity index (χ1v) is 10.9. The predicted octanol–water partition coefficient (Wildman–Crippen LogP) is 4.98. The van der Waals surface area contributed by atoms with Crippen LogP contribution in [0.3, 0.4) is 0 Å². The van der Waals surface area contributed by atoms with E-state index in [0.717, 1.165) is 5.56 Å². The molecule has 1 aliphatic rings. The molecule has 0 spiro atoms. The molecule has 0 fully saturated rings. The molecule has 0 bridgehead atoms. The number of benzene rings is 2. The van der Waals surface area contributed by atoms with Crippen LogP contribution in [0.15, 0.2) is 70.4 Å². The quantitative estimate of drug-likeness (QED) is 0.462. The van der Waals surface area contributed by atoms with E-state index >= 15 is 0 Å². The number of nitrogens with one attached hydrogen (secondary N) is 1. The molecule has 0 radical (unpaired) electrons. The van der Waals surface area contributed by atoms with Crippen molar-refractivity contribution in [2.75, 3.05) is 19.3 Å². The number of halogens is 1. The lowest BCUT2D eigenvalue weighted by Gasteiger charge is -2.29. The zero-order valence-electron chi connectivity index (χ0n) is 19.2. The highest BCUT2D eigenvalue weighted by molar-refractivity contribution is 6.06. The molecule has 0 saturated carbocycles. The van der Waals surface area contributed by atoms with Gasteiger partial charge < -0.3 is 23.9 Å². The number of rotatable bonds is 9. The molecule has 0 aliphatic carbocycles. The topological polar surface area (TPSA) is 103 Å². The van der Waals surface area contributed by atoms with Crippen LogP contribution < -0.4 is 14.8 Å². The van der Waals surface area contributed by atoms with E-state index in [9.17, 15) is 14.0 Å². The summed E-state index contributed by atoms with van der Waals surface area (Å²) < 4.78 is 33.6. The van der Waals surface area contributed by atoms with Gasteiger partial charge in [0.1, 0.15) is 11.8 Å². The highest BCUT2D eigenvalue weighted by atomic mass is 19.1. The fourth-order valence-corrected chi connectivity index (χ4v) is 3.57. The number of ether oxygens (including phenoxy) is 3. The lowest BCUT2D eigenvalue weighted by Crippen LogP contribution is -2.41. The van der Waals surface area contributed by atoms with Gasteiger partial charge in [-0.05, 0) is 54.4 Å². The Morgan fingerprint density at radius 3 is 2.63 bits per heavy atom. The maximum Gasteiger partial charge on any atom is 0.431 e. The van der Waals surface area contributed by atoms with Crippen LogP contribution in [-0.2, 0) is 11.3 Å². The number of furan rings is 1. The van der Waals surface area contributed by atoms with Crippen molar-refractivity contribution in [2.24, 2.45) is 5.10 Å². The van der Waals surface area contributed by atoms with Gasteiger partial charge >= 0.3 is 6.09 Å². The Kier molecular flexibility index (Phi) is 7.30. The third-order valence-electron chi connectivity index (χ3n) is 5.32. The van der Waals surface area contributed by atoms with Gasteiger partial charge in [-0.3, -0.25) is 4.79 Å². The van der Waals surface area contributed by atoms with Gasteiger partial charge in [0.2, 0.25) is 6.86 Å². The maximum atomic E-state index is 12.6. The Bertz CT molecular complexity index is 1210. The van der Waals surface area contributed by atoms with E-state index in [0.29, 0.717) is 29.1 Å². The molecule has 2 heterocycles. The van der Waals surface area contributed by atoms with Crippen LogP contribution >= 0.6 is 0 Å². The third-order valence-corrected chi connectivity index (χ3v) is 5.32. The summed E-state index contributed by atoms with van der Waals surface area (Å²) in [5, 5.41) is 8.53. The first kappa shape index (κ1) is 23.8. The summed E-state index contributed by atoms with van der Waals surface area (Å²) in [6.07, 6.45) is 0.833. The Morgan fingerprint density at radius 1 is 1.17 bits per heavy atom. The van der Waals surface area contributed by atoms with Gasteiger partial charge in [-0.15, -0.1) is 0 Å². The Balaban J connectivity index is 1.52. The monoisotopic (exact) mass is 481 g/mol. The minimum absolute atomic E-state index is 0.158. The van der Waals surface area contributed by atoms with Crippen molar-refractivity contribution in [3.8, 4) is 11.5 Å². The first-order chi connectivity index (χ1) is 17.0. The van der Waals surface area contributed by atoms with Crippen molar-refractivity contribution in [3.05, 3.63) is 77.7 Å². The minimum Gasteiger partial charge on any atom is -0.493 e. The summed E-state index contributed by atoms with van der Waals surface area (Å²) in [7, 11) is 1.46. The molecule has 9 nitrogen and oxygen atoms in total. The van der Waals surface area contributed by atoms with Gasteiger partial charge in [0, 0.05) is 11.3 Å². The van der Waals surface area contributed by atoms with E-state index < -0.39 is 19.1 Å². The van der Waals surface area contributed by atoms with Crippen LogP contribution in [0, 0.1) is 0 Å². The number of carbonyl (C=O) groups is 2. The SMILES string of the molecule is CCC1OC(=O)N(Cc2ccc(NC(=O)c3ccco3)cc2)N=C1c1ccc(OCF)c(OC)c1. The lowest BCUT2D eigenvalue weighted by molar-refractivity contribution is 0.0712. The molecule has 3 aromatic rings. The molecule has 2 aromatic carbocycles. The van der Waals surface area contributed by atoms with Gasteiger partial charge in [-0.1, -0.05) is 19.1 Å². The van der Waals surface area contributed by atoms with Crippen LogP contribution in [0.5, 0.6) is 11.5 Å². The summed E-state index contributed by atoms with van der Waals surface area (Å²) in [5.41, 5.74) is 2.56. The number of methoxy groups -OCH3 is 1. The Hall–Kier alpha value is -4.34. The van der Waals surface area contributed by atoms with Gasteiger partial charge in [0.15, 0.2) is 17.3 Å². The highest BCUT2D eigenvalue weighted by Gasteiger charge is 2.31. The van der Waals surface area contributed by atoms with Gasteiger partial charge in [0.05, 0.1) is 19.9 Å². The number of anilines is 1. The van der Waals surface area contributed by atoms with Crippen molar-refractivity contribution in [2.45, 2.75) is 26.0 Å². The summed E-state index contributed by atoms with van der Waals surface area (Å²) in [4.78, 5) is 24.7. The van der Waals surface area contributed by atoms with Crippen molar-refractivity contribution >= 4 is 23.4 Å². The van der Waals surface area contributed by atoms with E-state index in [-0.39, 0.29) is 24.0 Å². The van der Waals surface area contributed by atoms with Crippen LogP contribution in [0.4, 0.5) is 14.9 Å². The Morgan fingerprint density at radius 2 is 1.97 bits per heavy atom. The average Bonchev–Trinajstić information content (AvgIpc) is 3.42. The number of alkyl halides is 1. The smallest absolute Gasteiger partial charge is 0.431 e. The third kappa shape index (κ3) is 5.43. The zero-order valence-corrected chi connectivity index (χ0v) is 19.2. The number of carbonyl (C=O) groups excluding carboxylic acids is 2. The summed E-state index contributed by atoms with van der Waals surface area (Å²) in [5.74, 6) is 0.448. The molecule has 1 atom stereocenters. The number of hydrogen-bond donors (Lipinski definition) is 1. The summed E-state index contributed by atoms with van der Waals surface area (Å²) in [6, 6.07) is 15.2. The fraction of sp³-hybridized carbons (Fsp3) is 0.240. The summed E-state index contributed by atoms with van der Waals surface area (Å²) in [6.45, 7) is 1.06. The van der Waals surface area contributed by atoms with E-state index in [1.54, 1.807) is 54.6 Å². The first-order valence-electron chi connectivity index (χ1n) is 10.9. The van der Waals surface area contributed by atoms with Crippen LogP contribution in [0.25, 0.3) is 0 Å². The predicted molar refractivity (Wildman–Crippen MR) is 125 cm³/mol. The molecular formula is C25H24FN3O6. The number of nitrogens with zero attached hydrogens (tertiary/aromatic N) is 2. The molecule has 35 heavy (non-hydrogen) atoms. The van der Waals surface area contributed by atoms with Gasteiger partial charge in [-0.2, -0.15) is 10.1 Å². The normalized spacial score (nSPS) is 15.3. The van der Waals surface area contributed by atoms with Crippen molar-refractivity contribution in [1.82, 2.24) is 5.01 Å². The molecule has 182 valence electrons. The van der Waals surface area contributed by atoms with Crippen LogP contribution in [0.1, 0.15) is 35.0 Å². The molecule has 1 unspecified atom stereocenters. The van der Waals surface area contributed by atoms with Crippen molar-refractivity contribution < 1.29 is 32.6 Å². The van der Waals surface area contributed by atoms with E-state index in [1.165, 1.54) is 18.4 Å². The standard InChI is InChI=1S/C25H24FN3O6/c1-3-19-23(17-8-11-20(34-15-26)22(13-17)32-2)28-29(25(31)35-19)14-16-6-9-18(10-7-16)27-24(30)21-5-4-12-33-21/h4-13,19H,3,14-15H2,1-2H3,(H,27,30). The second-order valence-electron chi connectivity index (χ2n) is 7.57. The van der Waals surface area contributed by atoms with Crippen LogP contribution in [0.2, 0.25) is 0 Å². The largest absolute Gasteiger partial charge is 0.493 e.